The Balaban J connectivity index is 1.80. The molecule has 2 aliphatic heterocycles. The van der Waals surface area contributed by atoms with Crippen LogP contribution >= 0.6 is 11.3 Å². The summed E-state index contributed by atoms with van der Waals surface area (Å²) in [6.45, 7) is -0.0658. The van der Waals surface area contributed by atoms with E-state index < -0.39 is 36.3 Å². The fourth-order valence-corrected chi connectivity index (χ4v) is 3.92. The molecule has 1 aromatic heterocycles. The van der Waals surface area contributed by atoms with Crippen LogP contribution in [-0.4, -0.2) is 65.0 Å². The van der Waals surface area contributed by atoms with Gasteiger partial charge in [0, 0.05) is 11.9 Å². The van der Waals surface area contributed by atoms with E-state index in [9.17, 15) is 22.8 Å². The van der Waals surface area contributed by atoms with Crippen LogP contribution in [0.3, 0.4) is 0 Å². The van der Waals surface area contributed by atoms with Crippen LogP contribution in [-0.2, 0) is 14.3 Å². The number of halogens is 3. The van der Waals surface area contributed by atoms with E-state index in [0.717, 1.165) is 11.3 Å². The second kappa shape index (κ2) is 6.89. The average Bonchev–Trinajstić information content (AvgIpc) is 3.22. The van der Waals surface area contributed by atoms with Gasteiger partial charge >= 0.3 is 12.1 Å². The molecule has 0 saturated carbocycles. The number of carboxylic acids is 1. The third kappa shape index (κ3) is 3.62. The maximum absolute atomic E-state index is 13.1. The number of amides is 1. The van der Waals surface area contributed by atoms with Crippen molar-refractivity contribution in [1.29, 1.82) is 0 Å². The lowest BCUT2D eigenvalue weighted by Gasteiger charge is -2.35. The zero-order valence-electron chi connectivity index (χ0n) is 12.9. The predicted octanol–water partition coefficient (Wildman–Crippen LogP) is 1.85. The number of hydrogen-bond donors (Lipinski definition) is 1. The first-order valence-corrected chi connectivity index (χ1v) is 8.46. The standard InChI is InChI=1S/C14H15F3N2O5S/c15-14(16,17)10-9(23-4-5-24-10)12(20)19-3-1-2-8(19)11-18-7(6-25-11)13(21)22/h6,8-10H,1-5H2,(H,21,22)/t8?,9-,10+/m1/s1. The Labute approximate surface area is 144 Å². The van der Waals surface area contributed by atoms with Gasteiger partial charge in [0.05, 0.1) is 19.3 Å². The summed E-state index contributed by atoms with van der Waals surface area (Å²) in [6.07, 6.45) is -7.69. The number of carboxylic acid groups (broad SMARTS) is 1. The Morgan fingerprint density at radius 3 is 2.68 bits per heavy atom. The third-order valence-electron chi connectivity index (χ3n) is 4.08. The molecule has 0 spiro atoms. The molecule has 0 radical (unpaired) electrons. The summed E-state index contributed by atoms with van der Waals surface area (Å²) in [6, 6.07) is -0.551. The molecular formula is C14H15F3N2O5S. The smallest absolute Gasteiger partial charge is 0.417 e. The second-order valence-electron chi connectivity index (χ2n) is 5.69. The SMILES string of the molecule is O=C(O)c1csc(C2CCCN2C(=O)[C@@H]2OCCO[C@@H]2C(F)(F)F)n1. The number of alkyl halides is 3. The largest absolute Gasteiger partial charge is 0.476 e. The predicted molar refractivity (Wildman–Crippen MR) is 78.3 cm³/mol. The first kappa shape index (κ1) is 18.1. The fraction of sp³-hybridized carbons (Fsp3) is 0.643. The molecule has 3 heterocycles. The van der Waals surface area contributed by atoms with Gasteiger partial charge in [0.2, 0.25) is 0 Å². The van der Waals surface area contributed by atoms with E-state index in [4.69, 9.17) is 14.6 Å². The molecule has 7 nitrogen and oxygen atoms in total. The van der Waals surface area contributed by atoms with Crippen LogP contribution in [0.5, 0.6) is 0 Å². The number of ether oxygens (including phenoxy) is 2. The Hall–Kier alpha value is -1.72. The number of likely N-dealkylation sites (tertiary alicyclic amines) is 1. The Morgan fingerprint density at radius 2 is 2.04 bits per heavy atom. The van der Waals surface area contributed by atoms with Crippen molar-refractivity contribution >= 4 is 23.2 Å². The number of thiazole rings is 1. The van der Waals surface area contributed by atoms with Gasteiger partial charge in [-0.2, -0.15) is 13.2 Å². The molecule has 2 saturated heterocycles. The Bertz CT molecular complexity index is 665. The molecule has 2 fully saturated rings. The van der Waals surface area contributed by atoms with Crippen LogP contribution in [0.1, 0.15) is 34.4 Å². The molecule has 11 heteroatoms. The van der Waals surface area contributed by atoms with E-state index in [1.165, 1.54) is 10.3 Å². The second-order valence-corrected chi connectivity index (χ2v) is 6.58. The summed E-state index contributed by atoms with van der Waals surface area (Å²) in [5, 5.41) is 10.7. The van der Waals surface area contributed by atoms with Crippen molar-refractivity contribution in [3.05, 3.63) is 16.1 Å². The maximum atomic E-state index is 13.1. The summed E-state index contributed by atoms with van der Waals surface area (Å²) < 4.78 is 49.1. The maximum Gasteiger partial charge on any atom is 0.417 e. The van der Waals surface area contributed by atoms with Crippen molar-refractivity contribution in [3.8, 4) is 0 Å². The molecule has 3 rings (SSSR count). The normalized spacial score (nSPS) is 27.5. The lowest BCUT2D eigenvalue weighted by atomic mass is 10.1. The molecule has 1 aromatic rings. The highest BCUT2D eigenvalue weighted by Crippen LogP contribution is 2.37. The molecule has 3 atom stereocenters. The minimum atomic E-state index is -4.71. The van der Waals surface area contributed by atoms with Gasteiger partial charge in [-0.15, -0.1) is 11.3 Å². The molecule has 1 amide bonds. The quantitative estimate of drug-likeness (QED) is 0.861. The van der Waals surface area contributed by atoms with Crippen LogP contribution in [0, 0.1) is 0 Å². The zero-order valence-corrected chi connectivity index (χ0v) is 13.7. The monoisotopic (exact) mass is 380 g/mol. The van der Waals surface area contributed by atoms with Gasteiger partial charge in [0.1, 0.15) is 5.01 Å². The minimum absolute atomic E-state index is 0.0953. The van der Waals surface area contributed by atoms with Gasteiger partial charge in [-0.3, -0.25) is 4.79 Å². The lowest BCUT2D eigenvalue weighted by Crippen LogP contribution is -2.55. The van der Waals surface area contributed by atoms with Crippen molar-refractivity contribution in [2.45, 2.75) is 37.3 Å². The van der Waals surface area contributed by atoms with E-state index in [2.05, 4.69) is 4.98 Å². The van der Waals surface area contributed by atoms with Gasteiger partial charge in [0.15, 0.2) is 17.9 Å². The van der Waals surface area contributed by atoms with Crippen LogP contribution in [0.2, 0.25) is 0 Å². The van der Waals surface area contributed by atoms with E-state index in [-0.39, 0.29) is 25.5 Å². The van der Waals surface area contributed by atoms with Gasteiger partial charge < -0.3 is 19.5 Å². The summed E-state index contributed by atoms with van der Waals surface area (Å²) >= 11 is 1.07. The molecule has 2 aliphatic rings. The first-order valence-electron chi connectivity index (χ1n) is 7.58. The summed E-state index contributed by atoms with van der Waals surface area (Å²) in [7, 11) is 0. The number of aromatic nitrogens is 1. The number of aromatic carboxylic acids is 1. The van der Waals surface area contributed by atoms with Crippen molar-refractivity contribution in [2.75, 3.05) is 19.8 Å². The Morgan fingerprint density at radius 1 is 1.32 bits per heavy atom. The van der Waals surface area contributed by atoms with Crippen LogP contribution < -0.4 is 0 Å². The highest BCUT2D eigenvalue weighted by molar-refractivity contribution is 7.09. The summed E-state index contributed by atoms with van der Waals surface area (Å²) in [4.78, 5) is 28.9. The van der Waals surface area contributed by atoms with Gasteiger partial charge in [-0.1, -0.05) is 0 Å². The van der Waals surface area contributed by atoms with E-state index in [1.54, 1.807) is 0 Å². The van der Waals surface area contributed by atoms with E-state index >= 15 is 0 Å². The minimum Gasteiger partial charge on any atom is -0.476 e. The molecule has 0 aromatic carbocycles. The lowest BCUT2D eigenvalue weighted by molar-refractivity contribution is -0.274. The number of nitrogens with zero attached hydrogens (tertiary/aromatic N) is 2. The molecule has 0 aliphatic carbocycles. The highest BCUT2D eigenvalue weighted by Gasteiger charge is 2.53. The molecule has 1 unspecified atom stereocenters. The number of rotatable bonds is 3. The summed E-state index contributed by atoms with van der Waals surface area (Å²) in [5.41, 5.74) is -0.148. The number of carbonyl (C=O) groups excluding carboxylic acids is 1. The topological polar surface area (TPSA) is 89.0 Å². The number of hydrogen-bond acceptors (Lipinski definition) is 6. The molecular weight excluding hydrogens is 365 g/mol. The van der Waals surface area contributed by atoms with Gasteiger partial charge in [-0.05, 0) is 12.8 Å². The molecule has 25 heavy (non-hydrogen) atoms. The molecule has 0 bridgehead atoms. The van der Waals surface area contributed by atoms with Gasteiger partial charge in [-0.25, -0.2) is 9.78 Å². The van der Waals surface area contributed by atoms with Crippen molar-refractivity contribution in [1.82, 2.24) is 9.88 Å². The molecule has 138 valence electrons. The van der Waals surface area contributed by atoms with Crippen LogP contribution in [0.15, 0.2) is 5.38 Å². The highest BCUT2D eigenvalue weighted by atomic mass is 32.1. The number of carbonyl (C=O) groups is 2. The molecule has 1 N–H and O–H groups in total. The van der Waals surface area contributed by atoms with E-state index in [1.807, 2.05) is 0 Å². The van der Waals surface area contributed by atoms with E-state index in [0.29, 0.717) is 17.8 Å². The first-order chi connectivity index (χ1) is 11.8. The van der Waals surface area contributed by atoms with Crippen LogP contribution in [0.4, 0.5) is 13.2 Å². The zero-order chi connectivity index (χ0) is 18.2. The van der Waals surface area contributed by atoms with Crippen LogP contribution in [0.25, 0.3) is 0 Å². The fourth-order valence-electron chi connectivity index (χ4n) is 2.98. The van der Waals surface area contributed by atoms with Crippen molar-refractivity contribution in [3.63, 3.8) is 0 Å². The average molecular weight is 380 g/mol. The van der Waals surface area contributed by atoms with Crippen molar-refractivity contribution in [2.24, 2.45) is 0 Å². The third-order valence-corrected chi connectivity index (χ3v) is 5.03. The Kier molecular flexibility index (Phi) is 4.98. The van der Waals surface area contributed by atoms with Crippen molar-refractivity contribution < 1.29 is 37.3 Å². The van der Waals surface area contributed by atoms with Gasteiger partial charge in [0.25, 0.3) is 5.91 Å². The summed E-state index contributed by atoms with van der Waals surface area (Å²) in [5.74, 6) is -2.00.